The summed E-state index contributed by atoms with van der Waals surface area (Å²) in [4.78, 5) is 4.58. The van der Waals surface area contributed by atoms with Gasteiger partial charge in [0.25, 0.3) is 0 Å². The number of hydrogen-bond donors (Lipinski definition) is 2. The van der Waals surface area contributed by atoms with Gasteiger partial charge in [-0.2, -0.15) is 13.2 Å². The highest BCUT2D eigenvalue weighted by Crippen LogP contribution is 2.38. The first kappa shape index (κ1) is 25.6. The summed E-state index contributed by atoms with van der Waals surface area (Å²) >= 11 is 0. The zero-order chi connectivity index (χ0) is 24.8. The zero-order valence-electron chi connectivity index (χ0n) is 19.6. The topological polar surface area (TPSA) is 92.0 Å². The molecule has 4 N–H and O–H groups in total. The number of aromatic nitrogens is 3. The van der Waals surface area contributed by atoms with Crippen LogP contribution in [-0.2, 0) is 6.42 Å². The number of hydrogen-bond acceptors (Lipinski definition) is 5. The third-order valence-electron chi connectivity index (χ3n) is 5.73. The number of anilines is 1. The Hall–Kier alpha value is -3.07. The van der Waals surface area contributed by atoms with Gasteiger partial charge in [-0.05, 0) is 57.4 Å². The summed E-state index contributed by atoms with van der Waals surface area (Å²) < 4.78 is 46.3. The van der Waals surface area contributed by atoms with Crippen LogP contribution in [0.25, 0.3) is 16.9 Å². The Bertz CT molecular complexity index is 1080. The molecular formula is C25H32F3N5O. The van der Waals surface area contributed by atoms with Crippen LogP contribution in [-0.4, -0.2) is 34.1 Å². The van der Waals surface area contributed by atoms with Crippen molar-refractivity contribution in [1.82, 2.24) is 14.8 Å². The van der Waals surface area contributed by atoms with Crippen molar-refractivity contribution in [3.05, 3.63) is 54.2 Å². The van der Waals surface area contributed by atoms with Gasteiger partial charge in [0.15, 0.2) is 0 Å². The average Bonchev–Trinajstić information content (AvgIpc) is 3.26. The molecule has 0 saturated carbocycles. The normalized spacial score (nSPS) is 12.2. The van der Waals surface area contributed by atoms with Crippen LogP contribution in [0.2, 0.25) is 0 Å². The van der Waals surface area contributed by atoms with Gasteiger partial charge in [-0.3, -0.25) is 0 Å². The summed E-state index contributed by atoms with van der Waals surface area (Å²) in [6.07, 6.45) is 2.39. The van der Waals surface area contributed by atoms with E-state index in [0.717, 1.165) is 57.1 Å². The van der Waals surface area contributed by atoms with E-state index >= 15 is 0 Å². The van der Waals surface area contributed by atoms with Crippen LogP contribution in [0, 0.1) is 5.41 Å². The number of ether oxygens (including phenoxy) is 1. The monoisotopic (exact) mass is 475 g/mol. The summed E-state index contributed by atoms with van der Waals surface area (Å²) in [6.45, 7) is 2.36. The number of halogens is 3. The number of rotatable bonds is 11. The molecule has 0 aliphatic rings. The molecule has 0 fully saturated rings. The van der Waals surface area contributed by atoms with Gasteiger partial charge < -0.3 is 16.2 Å². The van der Waals surface area contributed by atoms with E-state index in [-0.39, 0.29) is 5.88 Å². The SMILES string of the molecule is CC(C)(COc1ccn(-c2ccc(N)nc2-c2ccccc2CCCCCCN)n1)C(F)(F)F. The Morgan fingerprint density at radius 1 is 0.971 bits per heavy atom. The second-order valence-electron chi connectivity index (χ2n) is 8.98. The third kappa shape index (κ3) is 6.28. The van der Waals surface area contributed by atoms with E-state index in [1.54, 1.807) is 23.0 Å². The van der Waals surface area contributed by atoms with Crippen molar-refractivity contribution >= 4 is 5.82 Å². The first-order valence-corrected chi connectivity index (χ1v) is 11.4. The van der Waals surface area contributed by atoms with Gasteiger partial charge in [0.1, 0.15) is 12.4 Å². The fraction of sp³-hybridized carbons (Fsp3) is 0.440. The molecule has 0 bridgehead atoms. The minimum atomic E-state index is -4.38. The van der Waals surface area contributed by atoms with Crippen LogP contribution in [0.5, 0.6) is 5.88 Å². The molecule has 0 amide bonds. The van der Waals surface area contributed by atoms with Gasteiger partial charge in [-0.15, -0.1) is 5.10 Å². The smallest absolute Gasteiger partial charge is 0.397 e. The predicted molar refractivity (Wildman–Crippen MR) is 128 cm³/mol. The molecule has 0 saturated heterocycles. The van der Waals surface area contributed by atoms with Crippen molar-refractivity contribution in [3.8, 4) is 22.8 Å². The molecule has 6 nitrogen and oxygen atoms in total. The van der Waals surface area contributed by atoms with Crippen LogP contribution in [0.1, 0.15) is 45.1 Å². The van der Waals surface area contributed by atoms with E-state index in [4.69, 9.17) is 16.2 Å². The highest BCUT2D eigenvalue weighted by Gasteiger charge is 2.48. The molecule has 3 aromatic rings. The number of aryl methyl sites for hydroxylation is 1. The lowest BCUT2D eigenvalue weighted by Gasteiger charge is -2.26. The molecule has 0 spiro atoms. The lowest BCUT2D eigenvalue weighted by molar-refractivity contribution is -0.219. The van der Waals surface area contributed by atoms with Gasteiger partial charge in [0, 0.05) is 17.8 Å². The van der Waals surface area contributed by atoms with Gasteiger partial charge in [0.2, 0.25) is 5.88 Å². The van der Waals surface area contributed by atoms with Crippen LogP contribution in [0.3, 0.4) is 0 Å². The summed E-state index contributed by atoms with van der Waals surface area (Å²) in [7, 11) is 0. The molecule has 2 heterocycles. The van der Waals surface area contributed by atoms with Crippen molar-refractivity contribution in [1.29, 1.82) is 0 Å². The fourth-order valence-electron chi connectivity index (χ4n) is 3.49. The molecular weight excluding hydrogens is 443 g/mol. The lowest BCUT2D eigenvalue weighted by atomic mass is 9.94. The Morgan fingerprint density at radius 3 is 2.44 bits per heavy atom. The Morgan fingerprint density at radius 2 is 1.71 bits per heavy atom. The van der Waals surface area contributed by atoms with E-state index in [2.05, 4.69) is 16.1 Å². The average molecular weight is 476 g/mol. The lowest BCUT2D eigenvalue weighted by Crippen LogP contribution is -2.37. The first-order valence-electron chi connectivity index (χ1n) is 11.4. The molecule has 9 heteroatoms. The van der Waals surface area contributed by atoms with Crippen molar-refractivity contribution in [2.45, 2.75) is 52.1 Å². The zero-order valence-corrected chi connectivity index (χ0v) is 19.6. The number of nitrogens with zero attached hydrogens (tertiary/aromatic N) is 3. The third-order valence-corrected chi connectivity index (χ3v) is 5.73. The van der Waals surface area contributed by atoms with Crippen LogP contribution in [0.15, 0.2) is 48.7 Å². The molecule has 0 atom stereocenters. The molecule has 3 rings (SSSR count). The summed E-state index contributed by atoms with van der Waals surface area (Å²) in [5, 5.41) is 4.34. The van der Waals surface area contributed by atoms with Gasteiger partial charge in [0.05, 0.1) is 16.8 Å². The van der Waals surface area contributed by atoms with Crippen molar-refractivity contribution in [2.24, 2.45) is 11.1 Å². The number of alkyl halides is 3. The van der Waals surface area contributed by atoms with Crippen molar-refractivity contribution in [3.63, 3.8) is 0 Å². The standard InChI is InChI=1S/C25H32F3N5O/c1-24(2,25(26,27)28)17-34-22-14-16-33(32-22)20-12-13-21(30)31-23(20)19-11-7-6-10-18(19)9-5-3-4-8-15-29/h6-7,10-14,16H,3-5,8-9,15,17,29H2,1-2H3,(H2,30,31). The molecule has 1 aromatic carbocycles. The largest absolute Gasteiger partial charge is 0.476 e. The van der Waals surface area contributed by atoms with Crippen molar-refractivity contribution in [2.75, 3.05) is 18.9 Å². The number of unbranched alkanes of at least 4 members (excludes halogenated alkanes) is 3. The molecule has 2 aromatic heterocycles. The van der Waals surface area contributed by atoms with E-state index in [0.29, 0.717) is 23.7 Å². The quantitative estimate of drug-likeness (QED) is 0.355. The maximum atomic E-state index is 13.1. The summed E-state index contributed by atoms with van der Waals surface area (Å²) in [5.41, 5.74) is 13.0. The summed E-state index contributed by atoms with van der Waals surface area (Å²) in [6, 6.07) is 13.0. The molecule has 0 aliphatic heterocycles. The maximum Gasteiger partial charge on any atom is 0.397 e. The van der Waals surface area contributed by atoms with Crippen LogP contribution < -0.4 is 16.2 Å². The highest BCUT2D eigenvalue weighted by atomic mass is 19.4. The van der Waals surface area contributed by atoms with E-state index in [1.807, 2.05) is 18.2 Å². The second kappa shape index (κ2) is 10.9. The van der Waals surface area contributed by atoms with E-state index in [9.17, 15) is 13.2 Å². The summed E-state index contributed by atoms with van der Waals surface area (Å²) in [5.74, 6) is 0.473. The van der Waals surface area contributed by atoms with Gasteiger partial charge >= 0.3 is 6.18 Å². The predicted octanol–water partition coefficient (Wildman–Crippen LogP) is 5.55. The highest BCUT2D eigenvalue weighted by molar-refractivity contribution is 5.73. The molecule has 184 valence electrons. The molecule has 0 radical (unpaired) electrons. The Balaban J connectivity index is 1.85. The molecule has 0 unspecified atom stereocenters. The number of nitrogens with two attached hydrogens (primary N) is 2. The van der Waals surface area contributed by atoms with Crippen molar-refractivity contribution < 1.29 is 17.9 Å². The van der Waals surface area contributed by atoms with E-state index < -0.39 is 18.2 Å². The number of pyridine rings is 1. The first-order chi connectivity index (χ1) is 16.1. The molecule has 0 aliphatic carbocycles. The van der Waals surface area contributed by atoms with Crippen LogP contribution >= 0.6 is 0 Å². The Labute approximate surface area is 198 Å². The maximum absolute atomic E-state index is 13.1. The molecule has 34 heavy (non-hydrogen) atoms. The van der Waals surface area contributed by atoms with Gasteiger partial charge in [-0.1, -0.05) is 37.1 Å². The number of benzene rings is 1. The minimum Gasteiger partial charge on any atom is -0.476 e. The minimum absolute atomic E-state index is 0.105. The fourth-order valence-corrected chi connectivity index (χ4v) is 3.49. The van der Waals surface area contributed by atoms with Gasteiger partial charge in [-0.25, -0.2) is 9.67 Å². The van der Waals surface area contributed by atoms with E-state index in [1.165, 1.54) is 6.07 Å². The van der Waals surface area contributed by atoms with Crippen LogP contribution in [0.4, 0.5) is 19.0 Å². The Kier molecular flexibility index (Phi) is 8.19. The second-order valence-corrected chi connectivity index (χ2v) is 8.98. The number of nitrogen functional groups attached to an aromatic ring is 1.